The third kappa shape index (κ3) is 4.24. The van der Waals surface area contributed by atoms with Gasteiger partial charge in [-0.05, 0) is 63.4 Å². The van der Waals surface area contributed by atoms with E-state index in [9.17, 15) is 9.59 Å². The van der Waals surface area contributed by atoms with Crippen LogP contribution < -0.4 is 10.6 Å². The van der Waals surface area contributed by atoms with Gasteiger partial charge in [-0.2, -0.15) is 0 Å². The highest BCUT2D eigenvalue weighted by Crippen LogP contribution is 2.23. The molecule has 0 spiro atoms. The minimum Gasteiger partial charge on any atom is -0.343 e. The molecule has 150 valence electrons. The molecule has 2 aromatic carbocycles. The number of anilines is 1. The molecule has 0 bridgehead atoms. The Balaban J connectivity index is 1.73. The third-order valence-electron chi connectivity index (χ3n) is 5.19. The predicted molar refractivity (Wildman–Crippen MR) is 117 cm³/mol. The molecule has 0 radical (unpaired) electrons. The minimum absolute atomic E-state index is 0.0827. The maximum atomic E-state index is 12.7. The Bertz CT molecular complexity index is 1060. The molecule has 0 fully saturated rings. The average Bonchev–Trinajstić information content (AvgIpc) is 2.98. The second-order valence-electron chi connectivity index (χ2n) is 7.40. The number of aromatic nitrogens is 1. The molecule has 2 N–H and O–H groups in total. The summed E-state index contributed by atoms with van der Waals surface area (Å²) in [6.07, 6.45) is 0. The van der Waals surface area contributed by atoms with Crippen LogP contribution in [0.3, 0.4) is 0 Å². The number of rotatable bonds is 5. The highest BCUT2D eigenvalue weighted by atomic mass is 16.2. The van der Waals surface area contributed by atoms with Crippen molar-refractivity contribution >= 4 is 17.5 Å². The van der Waals surface area contributed by atoms with E-state index in [2.05, 4.69) is 15.2 Å². The lowest BCUT2D eigenvalue weighted by molar-refractivity contribution is -0.115. The standard InChI is InChI=1S/C24H27N3O2/c1-15-9-6-7-12-21(15)27-18(4)13-20(19(27)5)24(29)25-14-22(28)26-23-16(2)10-8-11-17(23)3/h6-13H,14H2,1-5H3,(H,25,29)(H,26,28). The molecule has 0 aliphatic rings. The molecule has 29 heavy (non-hydrogen) atoms. The number of para-hydroxylation sites is 2. The molecule has 0 saturated heterocycles. The van der Waals surface area contributed by atoms with Crippen molar-refractivity contribution in [1.29, 1.82) is 0 Å². The first kappa shape index (κ1) is 20.4. The van der Waals surface area contributed by atoms with Crippen LogP contribution in [-0.2, 0) is 4.79 Å². The summed E-state index contributed by atoms with van der Waals surface area (Å²) in [5.74, 6) is -0.502. The van der Waals surface area contributed by atoms with Crippen LogP contribution in [-0.4, -0.2) is 22.9 Å². The van der Waals surface area contributed by atoms with Gasteiger partial charge in [0.1, 0.15) is 0 Å². The molecule has 0 aliphatic carbocycles. The summed E-state index contributed by atoms with van der Waals surface area (Å²) in [6.45, 7) is 9.75. The Morgan fingerprint density at radius 3 is 2.14 bits per heavy atom. The van der Waals surface area contributed by atoms with E-state index in [-0.39, 0.29) is 18.4 Å². The number of amides is 2. The maximum absolute atomic E-state index is 12.7. The molecule has 1 heterocycles. The lowest BCUT2D eigenvalue weighted by Gasteiger charge is -2.13. The van der Waals surface area contributed by atoms with Gasteiger partial charge in [-0.3, -0.25) is 9.59 Å². The van der Waals surface area contributed by atoms with Crippen LogP contribution >= 0.6 is 0 Å². The van der Waals surface area contributed by atoms with E-state index in [4.69, 9.17) is 0 Å². The van der Waals surface area contributed by atoms with Gasteiger partial charge >= 0.3 is 0 Å². The topological polar surface area (TPSA) is 63.1 Å². The van der Waals surface area contributed by atoms with E-state index in [1.807, 2.05) is 83.1 Å². The lowest BCUT2D eigenvalue weighted by atomic mass is 10.1. The second-order valence-corrected chi connectivity index (χ2v) is 7.40. The monoisotopic (exact) mass is 389 g/mol. The number of hydrogen-bond donors (Lipinski definition) is 2. The Morgan fingerprint density at radius 1 is 0.862 bits per heavy atom. The van der Waals surface area contributed by atoms with Crippen molar-refractivity contribution in [2.75, 3.05) is 11.9 Å². The van der Waals surface area contributed by atoms with Crippen LogP contribution in [0, 0.1) is 34.6 Å². The van der Waals surface area contributed by atoms with Gasteiger partial charge in [-0.25, -0.2) is 0 Å². The first-order chi connectivity index (χ1) is 13.8. The summed E-state index contributed by atoms with van der Waals surface area (Å²) in [6, 6.07) is 15.8. The van der Waals surface area contributed by atoms with E-state index in [1.165, 1.54) is 0 Å². The fourth-order valence-electron chi connectivity index (χ4n) is 3.63. The Labute approximate surface area is 171 Å². The zero-order chi connectivity index (χ0) is 21.1. The minimum atomic E-state index is -0.255. The highest BCUT2D eigenvalue weighted by Gasteiger charge is 2.18. The van der Waals surface area contributed by atoms with Crippen LogP contribution in [0.1, 0.15) is 38.4 Å². The number of hydrogen-bond acceptors (Lipinski definition) is 2. The third-order valence-corrected chi connectivity index (χ3v) is 5.19. The Kier molecular flexibility index (Phi) is 5.87. The van der Waals surface area contributed by atoms with Crippen molar-refractivity contribution in [3.05, 3.63) is 82.2 Å². The van der Waals surface area contributed by atoms with E-state index in [0.717, 1.165) is 39.5 Å². The van der Waals surface area contributed by atoms with E-state index >= 15 is 0 Å². The second kappa shape index (κ2) is 8.35. The molecule has 2 amide bonds. The fraction of sp³-hybridized carbons (Fsp3) is 0.250. The van der Waals surface area contributed by atoms with Crippen LogP contribution in [0.5, 0.6) is 0 Å². The lowest BCUT2D eigenvalue weighted by Crippen LogP contribution is -2.33. The molecule has 3 aromatic rings. The maximum Gasteiger partial charge on any atom is 0.253 e. The van der Waals surface area contributed by atoms with Crippen LogP contribution in [0.2, 0.25) is 0 Å². The van der Waals surface area contributed by atoms with E-state index in [0.29, 0.717) is 5.56 Å². The van der Waals surface area contributed by atoms with Crippen LogP contribution in [0.15, 0.2) is 48.5 Å². The molecule has 5 nitrogen and oxygen atoms in total. The van der Waals surface area contributed by atoms with Crippen molar-refractivity contribution in [2.45, 2.75) is 34.6 Å². The van der Waals surface area contributed by atoms with E-state index < -0.39 is 0 Å². The van der Waals surface area contributed by atoms with Gasteiger partial charge in [0.25, 0.3) is 5.91 Å². The summed E-state index contributed by atoms with van der Waals surface area (Å²) in [5, 5.41) is 5.63. The molecule has 0 atom stereocenters. The molecular formula is C24H27N3O2. The first-order valence-electron chi connectivity index (χ1n) is 9.68. The summed E-state index contributed by atoms with van der Waals surface area (Å²) >= 11 is 0. The predicted octanol–water partition coefficient (Wildman–Crippen LogP) is 4.39. The molecule has 0 unspecified atom stereocenters. The summed E-state index contributed by atoms with van der Waals surface area (Å²) in [7, 11) is 0. The van der Waals surface area contributed by atoms with Gasteiger partial charge < -0.3 is 15.2 Å². The number of nitrogens with zero attached hydrogens (tertiary/aromatic N) is 1. The molecule has 3 rings (SSSR count). The van der Waals surface area contributed by atoms with Crippen molar-refractivity contribution in [2.24, 2.45) is 0 Å². The van der Waals surface area contributed by atoms with Crippen LogP contribution in [0.4, 0.5) is 5.69 Å². The average molecular weight is 389 g/mol. The van der Waals surface area contributed by atoms with Crippen molar-refractivity contribution in [3.8, 4) is 5.69 Å². The zero-order valence-electron chi connectivity index (χ0n) is 17.6. The quantitative estimate of drug-likeness (QED) is 0.680. The highest BCUT2D eigenvalue weighted by molar-refractivity contribution is 6.00. The summed E-state index contributed by atoms with van der Waals surface area (Å²) < 4.78 is 2.07. The summed E-state index contributed by atoms with van der Waals surface area (Å²) in [4.78, 5) is 25.1. The molecule has 5 heteroatoms. The van der Waals surface area contributed by atoms with Gasteiger partial charge in [0.2, 0.25) is 5.91 Å². The molecule has 0 aliphatic heterocycles. The smallest absolute Gasteiger partial charge is 0.253 e. The molecule has 0 saturated carbocycles. The Hall–Kier alpha value is -3.34. The zero-order valence-corrected chi connectivity index (χ0v) is 17.6. The van der Waals surface area contributed by atoms with E-state index in [1.54, 1.807) is 0 Å². The number of carbonyl (C=O) groups excluding carboxylic acids is 2. The number of benzene rings is 2. The van der Waals surface area contributed by atoms with Gasteiger partial charge in [0, 0.05) is 22.8 Å². The first-order valence-corrected chi connectivity index (χ1v) is 9.68. The van der Waals surface area contributed by atoms with Gasteiger partial charge in [-0.1, -0.05) is 36.4 Å². The van der Waals surface area contributed by atoms with Crippen molar-refractivity contribution < 1.29 is 9.59 Å². The van der Waals surface area contributed by atoms with Gasteiger partial charge in [-0.15, -0.1) is 0 Å². The van der Waals surface area contributed by atoms with Gasteiger partial charge in [0.15, 0.2) is 0 Å². The Morgan fingerprint density at radius 2 is 1.48 bits per heavy atom. The van der Waals surface area contributed by atoms with Gasteiger partial charge in [0.05, 0.1) is 12.1 Å². The number of carbonyl (C=O) groups is 2. The summed E-state index contributed by atoms with van der Waals surface area (Å²) in [5.41, 5.74) is 7.36. The largest absolute Gasteiger partial charge is 0.343 e. The molecular weight excluding hydrogens is 362 g/mol. The van der Waals surface area contributed by atoms with Crippen molar-refractivity contribution in [3.63, 3.8) is 0 Å². The fourth-order valence-corrected chi connectivity index (χ4v) is 3.63. The normalized spacial score (nSPS) is 10.7. The SMILES string of the molecule is Cc1ccccc1-n1c(C)cc(C(=O)NCC(=O)Nc2c(C)cccc2C)c1C. The number of nitrogens with one attached hydrogen (secondary N) is 2. The van der Waals surface area contributed by atoms with Crippen LogP contribution in [0.25, 0.3) is 5.69 Å². The van der Waals surface area contributed by atoms with Crippen molar-refractivity contribution in [1.82, 2.24) is 9.88 Å². The number of aryl methyl sites for hydroxylation is 4. The molecule has 1 aromatic heterocycles.